The van der Waals surface area contributed by atoms with Crippen molar-refractivity contribution in [3.63, 3.8) is 0 Å². The van der Waals surface area contributed by atoms with Crippen LogP contribution in [0.3, 0.4) is 0 Å². The standard InChI is InChI=1S/C19H18O5S/c1-12-7-9-14(10-8-12)25(21)19-17-16(24-17)15(23-19)11-22-18(20)13-5-3-2-4-6-13/h2-10,15-17,19H,11H2,1H3/t15-,16-,17-,19+,25?/m1/s1. The minimum absolute atomic E-state index is 0.0937. The lowest BCUT2D eigenvalue weighted by molar-refractivity contribution is -0.0304. The van der Waals surface area contributed by atoms with Crippen LogP contribution in [0.1, 0.15) is 15.9 Å². The monoisotopic (exact) mass is 358 g/mol. The van der Waals surface area contributed by atoms with Crippen LogP contribution in [0.4, 0.5) is 0 Å². The SMILES string of the molecule is Cc1ccc(S(=O)[C@@H]2O[C@H](COC(=O)c3ccccc3)[C@H]3O[C@H]32)cc1. The molecule has 2 aromatic rings. The van der Waals surface area contributed by atoms with Crippen molar-refractivity contribution < 1.29 is 23.2 Å². The third-order valence-electron chi connectivity index (χ3n) is 4.36. The number of ether oxygens (including phenoxy) is 3. The summed E-state index contributed by atoms with van der Waals surface area (Å²) in [5.41, 5.74) is 1.08. The van der Waals surface area contributed by atoms with E-state index in [0.717, 1.165) is 5.56 Å². The van der Waals surface area contributed by atoms with Gasteiger partial charge < -0.3 is 14.2 Å². The highest BCUT2D eigenvalue weighted by Gasteiger charge is 2.60. The average Bonchev–Trinajstić information content (AvgIpc) is 3.36. The number of carbonyl (C=O) groups excluding carboxylic acids is 1. The summed E-state index contributed by atoms with van der Waals surface area (Å²) in [6.07, 6.45) is -0.720. The van der Waals surface area contributed by atoms with E-state index in [1.165, 1.54) is 0 Å². The Morgan fingerprint density at radius 2 is 1.76 bits per heavy atom. The summed E-state index contributed by atoms with van der Waals surface area (Å²) in [6.45, 7) is 2.08. The van der Waals surface area contributed by atoms with E-state index in [2.05, 4.69) is 0 Å². The summed E-state index contributed by atoms with van der Waals surface area (Å²) in [5, 5.41) is 0. The predicted molar refractivity (Wildman–Crippen MR) is 91.6 cm³/mol. The molecule has 6 heteroatoms. The molecule has 0 amide bonds. The van der Waals surface area contributed by atoms with Gasteiger partial charge in [0.25, 0.3) is 0 Å². The van der Waals surface area contributed by atoms with E-state index >= 15 is 0 Å². The van der Waals surface area contributed by atoms with Crippen LogP contribution in [0, 0.1) is 6.92 Å². The number of benzene rings is 2. The van der Waals surface area contributed by atoms with Crippen LogP contribution >= 0.6 is 0 Å². The Bertz CT molecular complexity index is 789. The second-order valence-corrected chi connectivity index (χ2v) is 7.71. The van der Waals surface area contributed by atoms with Gasteiger partial charge in [0.15, 0.2) is 5.44 Å². The number of fused-ring (bicyclic) bond motifs is 1. The predicted octanol–water partition coefficient (Wildman–Crippen LogP) is 2.45. The molecule has 2 aliphatic rings. The zero-order valence-electron chi connectivity index (χ0n) is 13.7. The van der Waals surface area contributed by atoms with Gasteiger partial charge in [-0.15, -0.1) is 0 Å². The molecule has 0 N–H and O–H groups in total. The molecule has 2 aromatic carbocycles. The topological polar surface area (TPSA) is 65.1 Å². The molecule has 2 fully saturated rings. The van der Waals surface area contributed by atoms with E-state index in [9.17, 15) is 9.00 Å². The number of esters is 1. The Hall–Kier alpha value is -2.02. The summed E-state index contributed by atoms with van der Waals surface area (Å²) in [6, 6.07) is 16.3. The van der Waals surface area contributed by atoms with Crippen LogP contribution in [0.5, 0.6) is 0 Å². The lowest BCUT2D eigenvalue weighted by Gasteiger charge is -2.17. The molecule has 1 unspecified atom stereocenters. The van der Waals surface area contributed by atoms with E-state index in [-0.39, 0.29) is 24.9 Å². The van der Waals surface area contributed by atoms with Crippen LogP contribution < -0.4 is 0 Å². The zero-order chi connectivity index (χ0) is 17.4. The molecule has 0 aromatic heterocycles. The average molecular weight is 358 g/mol. The molecule has 0 bridgehead atoms. The molecular weight excluding hydrogens is 340 g/mol. The van der Waals surface area contributed by atoms with E-state index in [1.54, 1.807) is 24.3 Å². The molecule has 4 rings (SSSR count). The van der Waals surface area contributed by atoms with Gasteiger partial charge >= 0.3 is 5.97 Å². The van der Waals surface area contributed by atoms with E-state index in [1.807, 2.05) is 37.3 Å². The van der Waals surface area contributed by atoms with Gasteiger partial charge in [-0.2, -0.15) is 0 Å². The molecule has 0 radical (unpaired) electrons. The van der Waals surface area contributed by atoms with Crippen molar-refractivity contribution in [1.29, 1.82) is 0 Å². The van der Waals surface area contributed by atoms with E-state index in [4.69, 9.17) is 14.2 Å². The normalized spacial score (nSPS) is 28.2. The maximum Gasteiger partial charge on any atom is 0.338 e. The number of carbonyl (C=O) groups is 1. The lowest BCUT2D eigenvalue weighted by atomic mass is 10.2. The Morgan fingerprint density at radius 1 is 1.04 bits per heavy atom. The van der Waals surface area contributed by atoms with Crippen LogP contribution in [0.15, 0.2) is 59.5 Å². The van der Waals surface area contributed by atoms with Gasteiger partial charge in [0.2, 0.25) is 0 Å². The first kappa shape index (κ1) is 16.4. The quantitative estimate of drug-likeness (QED) is 0.607. The summed E-state index contributed by atoms with van der Waals surface area (Å²) < 4.78 is 29.4. The number of epoxide rings is 1. The second-order valence-electron chi connectivity index (χ2n) is 6.18. The van der Waals surface area contributed by atoms with E-state index < -0.39 is 22.2 Å². The van der Waals surface area contributed by atoms with Crippen molar-refractivity contribution in [2.24, 2.45) is 0 Å². The van der Waals surface area contributed by atoms with Crippen LogP contribution in [-0.2, 0) is 25.0 Å². The molecule has 0 aliphatic carbocycles. The molecule has 25 heavy (non-hydrogen) atoms. The van der Waals surface area contributed by atoms with Crippen molar-refractivity contribution in [3.05, 3.63) is 65.7 Å². The van der Waals surface area contributed by atoms with Crippen LogP contribution in [-0.4, -0.2) is 40.5 Å². The van der Waals surface area contributed by atoms with Gasteiger partial charge in [0.05, 0.1) is 16.4 Å². The fourth-order valence-electron chi connectivity index (χ4n) is 2.91. The minimum atomic E-state index is -1.31. The van der Waals surface area contributed by atoms with Crippen molar-refractivity contribution in [2.45, 2.75) is 35.6 Å². The van der Waals surface area contributed by atoms with E-state index in [0.29, 0.717) is 10.5 Å². The summed E-state index contributed by atoms with van der Waals surface area (Å²) in [4.78, 5) is 12.7. The van der Waals surface area contributed by atoms with Crippen molar-refractivity contribution in [1.82, 2.24) is 0 Å². The molecule has 130 valence electrons. The molecule has 0 spiro atoms. The molecule has 2 heterocycles. The Labute approximate surface area is 148 Å². The highest BCUT2D eigenvalue weighted by molar-refractivity contribution is 7.85. The van der Waals surface area contributed by atoms with Crippen molar-refractivity contribution in [3.8, 4) is 0 Å². The highest BCUT2D eigenvalue weighted by atomic mass is 32.2. The maximum absolute atomic E-state index is 12.7. The second kappa shape index (κ2) is 6.71. The molecule has 2 aliphatic heterocycles. The van der Waals surface area contributed by atoms with Crippen molar-refractivity contribution in [2.75, 3.05) is 6.61 Å². The fraction of sp³-hybridized carbons (Fsp3) is 0.316. The first-order valence-corrected chi connectivity index (χ1v) is 9.35. The third kappa shape index (κ3) is 3.38. The summed E-state index contributed by atoms with van der Waals surface area (Å²) in [5.74, 6) is -0.399. The van der Waals surface area contributed by atoms with Crippen LogP contribution in [0.2, 0.25) is 0 Å². The first-order valence-electron chi connectivity index (χ1n) is 8.14. The minimum Gasteiger partial charge on any atom is -0.459 e. The number of aryl methyl sites for hydroxylation is 1. The number of hydrogen-bond acceptors (Lipinski definition) is 5. The lowest BCUT2D eigenvalue weighted by Crippen LogP contribution is -2.28. The van der Waals surface area contributed by atoms with Crippen molar-refractivity contribution >= 4 is 16.8 Å². The van der Waals surface area contributed by atoms with Gasteiger partial charge in [0, 0.05) is 4.90 Å². The van der Waals surface area contributed by atoms with Gasteiger partial charge in [0.1, 0.15) is 24.9 Å². The molecule has 2 saturated heterocycles. The van der Waals surface area contributed by atoms with Gasteiger partial charge in [-0.05, 0) is 31.2 Å². The Balaban J connectivity index is 1.36. The first-order chi connectivity index (χ1) is 12.1. The summed E-state index contributed by atoms with van der Waals surface area (Å²) >= 11 is 0. The Kier molecular flexibility index (Phi) is 4.41. The van der Waals surface area contributed by atoms with Gasteiger partial charge in [-0.3, -0.25) is 4.21 Å². The van der Waals surface area contributed by atoms with Gasteiger partial charge in [-0.25, -0.2) is 4.79 Å². The third-order valence-corrected chi connectivity index (χ3v) is 5.90. The largest absolute Gasteiger partial charge is 0.459 e. The Morgan fingerprint density at radius 3 is 2.48 bits per heavy atom. The zero-order valence-corrected chi connectivity index (χ0v) is 14.5. The highest BCUT2D eigenvalue weighted by Crippen LogP contribution is 2.42. The number of hydrogen-bond donors (Lipinski definition) is 0. The smallest absolute Gasteiger partial charge is 0.338 e. The fourth-order valence-corrected chi connectivity index (χ4v) is 4.29. The summed E-state index contributed by atoms with van der Waals surface area (Å²) in [7, 11) is -1.31. The molecule has 5 nitrogen and oxygen atoms in total. The van der Waals surface area contributed by atoms with Crippen LogP contribution in [0.25, 0.3) is 0 Å². The molecule has 5 atom stereocenters. The maximum atomic E-state index is 12.7. The molecular formula is C19H18O5S. The number of rotatable bonds is 5. The molecule has 0 saturated carbocycles. The van der Waals surface area contributed by atoms with Gasteiger partial charge in [-0.1, -0.05) is 35.9 Å².